The SMILES string of the molecule is CC(C)[C@H]1CCN(C(=O)[C@@H](NC(=O)NC(C)(C)C)C(C)(C)C)[C@@H]1C(=O)N[C@H](CC1CCC1)C(=O)C(N)=O. The van der Waals surface area contributed by atoms with Crippen molar-refractivity contribution < 1.29 is 24.0 Å². The highest BCUT2D eigenvalue weighted by atomic mass is 16.2. The van der Waals surface area contributed by atoms with Gasteiger partial charge in [-0.3, -0.25) is 19.2 Å². The van der Waals surface area contributed by atoms with Crippen molar-refractivity contribution >= 4 is 29.5 Å². The molecule has 210 valence electrons. The number of carbonyl (C=O) groups is 5. The monoisotopic (exact) mass is 521 g/mol. The summed E-state index contributed by atoms with van der Waals surface area (Å²) in [7, 11) is 0. The van der Waals surface area contributed by atoms with Gasteiger partial charge in [-0.2, -0.15) is 0 Å². The molecule has 5 N–H and O–H groups in total. The Morgan fingerprint density at radius 2 is 1.54 bits per heavy atom. The summed E-state index contributed by atoms with van der Waals surface area (Å²) < 4.78 is 0. The molecule has 1 saturated carbocycles. The zero-order chi connectivity index (χ0) is 28.3. The number of rotatable bonds is 9. The number of hydrogen-bond acceptors (Lipinski definition) is 5. The van der Waals surface area contributed by atoms with Crippen LogP contribution in [0.3, 0.4) is 0 Å². The normalized spacial score (nSPS) is 22.1. The second kappa shape index (κ2) is 11.8. The van der Waals surface area contributed by atoms with Crippen LogP contribution in [0.5, 0.6) is 0 Å². The summed E-state index contributed by atoms with van der Waals surface area (Å²) in [5, 5.41) is 8.42. The van der Waals surface area contributed by atoms with Gasteiger partial charge in [0, 0.05) is 12.1 Å². The van der Waals surface area contributed by atoms with Gasteiger partial charge >= 0.3 is 6.03 Å². The average molecular weight is 522 g/mol. The summed E-state index contributed by atoms with van der Waals surface area (Å²) >= 11 is 0. The van der Waals surface area contributed by atoms with Crippen molar-refractivity contribution in [2.75, 3.05) is 6.54 Å². The molecule has 1 saturated heterocycles. The number of urea groups is 1. The average Bonchev–Trinajstić information content (AvgIpc) is 3.16. The van der Waals surface area contributed by atoms with E-state index in [1.807, 2.05) is 55.4 Å². The first-order valence-corrected chi connectivity index (χ1v) is 13.5. The van der Waals surface area contributed by atoms with Gasteiger partial charge in [-0.15, -0.1) is 0 Å². The minimum Gasteiger partial charge on any atom is -0.363 e. The predicted molar refractivity (Wildman–Crippen MR) is 141 cm³/mol. The van der Waals surface area contributed by atoms with Crippen molar-refractivity contribution in [3.05, 3.63) is 0 Å². The lowest BCUT2D eigenvalue weighted by Crippen LogP contribution is -2.62. The lowest BCUT2D eigenvalue weighted by Gasteiger charge is -2.37. The number of hydrogen-bond donors (Lipinski definition) is 4. The standard InChI is InChI=1S/C27H47N5O5/c1-15(2)17-12-13-32(24(36)21(26(3,4)5)30-25(37)31-27(6,7)8)19(17)23(35)29-18(20(33)22(28)34)14-16-10-9-11-16/h15-19,21H,9-14H2,1-8H3,(H2,28,34)(H,29,35)(H2,30,31,37)/t17-,18-,19+,21-/m1/s1. The lowest BCUT2D eigenvalue weighted by molar-refractivity contribution is -0.144. The number of amides is 5. The van der Waals surface area contributed by atoms with Gasteiger partial charge in [0.15, 0.2) is 0 Å². The van der Waals surface area contributed by atoms with Gasteiger partial charge in [-0.25, -0.2) is 4.79 Å². The number of nitrogens with one attached hydrogen (secondary N) is 3. The lowest BCUT2D eigenvalue weighted by atomic mass is 9.80. The molecule has 2 fully saturated rings. The second-order valence-corrected chi connectivity index (χ2v) is 13.1. The summed E-state index contributed by atoms with van der Waals surface area (Å²) in [5.74, 6) is -2.49. The fourth-order valence-electron chi connectivity index (χ4n) is 5.14. The molecule has 1 heterocycles. The molecule has 0 spiro atoms. The largest absolute Gasteiger partial charge is 0.363 e. The van der Waals surface area contributed by atoms with Crippen LogP contribution in [0.15, 0.2) is 0 Å². The van der Waals surface area contributed by atoms with Crippen LogP contribution in [0.2, 0.25) is 0 Å². The van der Waals surface area contributed by atoms with Crippen LogP contribution in [0, 0.1) is 23.2 Å². The van der Waals surface area contributed by atoms with Crippen LogP contribution < -0.4 is 21.7 Å². The summed E-state index contributed by atoms with van der Waals surface area (Å²) in [6, 6.07) is -3.17. The third-order valence-electron chi connectivity index (χ3n) is 7.40. The maximum absolute atomic E-state index is 13.9. The Morgan fingerprint density at radius 3 is 1.97 bits per heavy atom. The van der Waals surface area contributed by atoms with Crippen molar-refractivity contribution in [2.24, 2.45) is 28.9 Å². The van der Waals surface area contributed by atoms with Gasteiger partial charge in [0.05, 0.1) is 6.04 Å². The van der Waals surface area contributed by atoms with E-state index in [1.54, 1.807) is 0 Å². The van der Waals surface area contributed by atoms with E-state index in [4.69, 9.17) is 5.73 Å². The zero-order valence-electron chi connectivity index (χ0n) is 23.8. The molecule has 0 bridgehead atoms. The van der Waals surface area contributed by atoms with E-state index in [2.05, 4.69) is 16.0 Å². The van der Waals surface area contributed by atoms with E-state index in [0.717, 1.165) is 19.3 Å². The van der Waals surface area contributed by atoms with Crippen molar-refractivity contribution in [3.63, 3.8) is 0 Å². The molecule has 2 aliphatic rings. The fourth-order valence-corrected chi connectivity index (χ4v) is 5.14. The summed E-state index contributed by atoms with van der Waals surface area (Å²) in [6.07, 6.45) is 3.91. The Hall–Kier alpha value is -2.65. The molecule has 1 aliphatic carbocycles. The topological polar surface area (TPSA) is 151 Å². The molecule has 2 rings (SSSR count). The number of carbonyl (C=O) groups excluding carboxylic acids is 5. The first-order valence-electron chi connectivity index (χ1n) is 13.5. The van der Waals surface area contributed by atoms with Gasteiger partial charge in [0.1, 0.15) is 12.1 Å². The summed E-state index contributed by atoms with van der Waals surface area (Å²) in [4.78, 5) is 66.0. The summed E-state index contributed by atoms with van der Waals surface area (Å²) in [6.45, 7) is 15.5. The molecule has 0 radical (unpaired) electrons. The molecule has 0 aromatic heterocycles. The molecular weight excluding hydrogens is 474 g/mol. The summed E-state index contributed by atoms with van der Waals surface area (Å²) in [5.41, 5.74) is 4.16. The molecule has 4 atom stereocenters. The molecular formula is C27H47N5O5. The molecule has 5 amide bonds. The highest BCUT2D eigenvalue weighted by Gasteiger charge is 2.48. The van der Waals surface area contributed by atoms with Crippen molar-refractivity contribution in [2.45, 2.75) is 111 Å². The number of nitrogens with zero attached hydrogens (tertiary/aromatic N) is 1. The van der Waals surface area contributed by atoms with Crippen LogP contribution in [-0.2, 0) is 19.2 Å². The molecule has 37 heavy (non-hydrogen) atoms. The number of primary amides is 1. The third-order valence-corrected chi connectivity index (χ3v) is 7.40. The molecule has 0 aromatic carbocycles. The van der Waals surface area contributed by atoms with Gasteiger partial charge < -0.3 is 26.6 Å². The first-order chi connectivity index (χ1) is 16.9. The molecule has 1 aliphatic heterocycles. The zero-order valence-corrected chi connectivity index (χ0v) is 23.8. The first kappa shape index (κ1) is 30.6. The van der Waals surface area contributed by atoms with Gasteiger partial charge in [-0.1, -0.05) is 53.9 Å². The van der Waals surface area contributed by atoms with E-state index < -0.39 is 52.7 Å². The highest BCUT2D eigenvalue weighted by molar-refractivity contribution is 6.37. The molecule has 0 unspecified atom stereocenters. The predicted octanol–water partition coefficient (Wildman–Crippen LogP) is 2.10. The third kappa shape index (κ3) is 8.17. The van der Waals surface area contributed by atoms with E-state index >= 15 is 0 Å². The van der Waals surface area contributed by atoms with Crippen LogP contribution >= 0.6 is 0 Å². The number of nitrogens with two attached hydrogens (primary N) is 1. The maximum atomic E-state index is 13.9. The van der Waals surface area contributed by atoms with Gasteiger partial charge in [0.25, 0.3) is 5.91 Å². The van der Waals surface area contributed by atoms with E-state index in [-0.39, 0.29) is 23.7 Å². The molecule has 10 heteroatoms. The maximum Gasteiger partial charge on any atom is 0.315 e. The number of Topliss-reactive ketones (excluding diaryl/α,β-unsaturated/α-hetero) is 1. The van der Waals surface area contributed by atoms with Crippen molar-refractivity contribution in [1.82, 2.24) is 20.9 Å². The Bertz CT molecular complexity index is 885. The van der Waals surface area contributed by atoms with Crippen LogP contribution in [0.4, 0.5) is 4.79 Å². The van der Waals surface area contributed by atoms with Crippen molar-refractivity contribution in [1.29, 1.82) is 0 Å². The Balaban J connectivity index is 2.31. The minimum absolute atomic E-state index is 0.0932. The van der Waals surface area contributed by atoms with Crippen LogP contribution in [0.1, 0.15) is 87.5 Å². The smallest absolute Gasteiger partial charge is 0.315 e. The van der Waals surface area contributed by atoms with Crippen LogP contribution in [-0.4, -0.2) is 64.6 Å². The Morgan fingerprint density at radius 1 is 0.946 bits per heavy atom. The minimum atomic E-state index is -1.08. The Kier molecular flexibility index (Phi) is 9.76. The van der Waals surface area contributed by atoms with Crippen molar-refractivity contribution in [3.8, 4) is 0 Å². The fraction of sp³-hybridized carbons (Fsp3) is 0.815. The highest BCUT2D eigenvalue weighted by Crippen LogP contribution is 2.34. The second-order valence-electron chi connectivity index (χ2n) is 13.1. The van der Waals surface area contributed by atoms with Gasteiger partial charge in [-0.05, 0) is 56.8 Å². The van der Waals surface area contributed by atoms with Crippen LogP contribution in [0.25, 0.3) is 0 Å². The Labute approximate surface area is 221 Å². The van der Waals surface area contributed by atoms with E-state index in [0.29, 0.717) is 19.4 Å². The molecule has 10 nitrogen and oxygen atoms in total. The van der Waals surface area contributed by atoms with E-state index in [9.17, 15) is 24.0 Å². The number of likely N-dealkylation sites (tertiary alicyclic amines) is 1. The van der Waals surface area contributed by atoms with Gasteiger partial charge in [0.2, 0.25) is 17.6 Å². The molecule has 0 aromatic rings. The quantitative estimate of drug-likeness (QED) is 0.343. The number of ketones is 1. The van der Waals surface area contributed by atoms with E-state index in [1.165, 1.54) is 4.90 Å².